The zero-order valence-electron chi connectivity index (χ0n) is 15.7. The lowest BCUT2D eigenvalue weighted by molar-refractivity contribution is -0.117. The standard InChI is InChI=1S/C21H23N3O4/c1-14(15-5-3-2-4-6-15)22-21(26)23-16-11-20(25)24(13-16)17-7-8-18-19(12-17)28-10-9-27-18/h2-8,12,14,16H,9-11,13H2,1H3,(H2,22,23,26)/t14-,16-/m1/s1. The van der Waals surface area contributed by atoms with Crippen LogP contribution in [0.5, 0.6) is 11.5 Å². The highest BCUT2D eigenvalue weighted by atomic mass is 16.6. The van der Waals surface area contributed by atoms with Gasteiger partial charge in [0.2, 0.25) is 5.91 Å². The molecule has 7 heteroatoms. The molecular formula is C21H23N3O4. The number of hydrogen-bond donors (Lipinski definition) is 2. The number of amides is 3. The van der Waals surface area contributed by atoms with Crippen LogP contribution in [-0.2, 0) is 4.79 Å². The third-order valence-electron chi connectivity index (χ3n) is 4.94. The van der Waals surface area contributed by atoms with Crippen LogP contribution in [0.4, 0.5) is 10.5 Å². The molecule has 2 aromatic carbocycles. The Labute approximate surface area is 163 Å². The first kappa shape index (κ1) is 18.2. The first-order valence-electron chi connectivity index (χ1n) is 9.42. The molecule has 2 atom stereocenters. The van der Waals surface area contributed by atoms with Gasteiger partial charge in [0.1, 0.15) is 13.2 Å². The van der Waals surface area contributed by atoms with Crippen LogP contribution in [0.25, 0.3) is 0 Å². The Bertz CT molecular complexity index is 871. The molecule has 0 unspecified atom stereocenters. The Hall–Kier alpha value is -3.22. The van der Waals surface area contributed by atoms with Gasteiger partial charge in [-0.1, -0.05) is 30.3 Å². The summed E-state index contributed by atoms with van der Waals surface area (Å²) in [6.45, 7) is 3.37. The van der Waals surface area contributed by atoms with Crippen molar-refractivity contribution in [2.24, 2.45) is 0 Å². The molecule has 4 rings (SSSR count). The topological polar surface area (TPSA) is 79.9 Å². The highest BCUT2D eigenvalue weighted by Crippen LogP contribution is 2.35. The van der Waals surface area contributed by atoms with Crippen LogP contribution in [0, 0.1) is 0 Å². The summed E-state index contributed by atoms with van der Waals surface area (Å²) >= 11 is 0. The molecule has 2 heterocycles. The summed E-state index contributed by atoms with van der Waals surface area (Å²) in [5, 5.41) is 5.82. The molecule has 0 bridgehead atoms. The van der Waals surface area contributed by atoms with Crippen molar-refractivity contribution in [3.63, 3.8) is 0 Å². The SMILES string of the molecule is C[C@@H](NC(=O)N[C@@H]1CC(=O)N(c2ccc3c(c2)OCCO3)C1)c1ccccc1. The molecule has 0 saturated carbocycles. The minimum atomic E-state index is -0.279. The number of carbonyl (C=O) groups is 2. The van der Waals surface area contributed by atoms with Gasteiger partial charge >= 0.3 is 6.03 Å². The number of anilines is 1. The monoisotopic (exact) mass is 381 g/mol. The van der Waals surface area contributed by atoms with Crippen molar-refractivity contribution < 1.29 is 19.1 Å². The van der Waals surface area contributed by atoms with Crippen molar-refractivity contribution in [1.82, 2.24) is 10.6 Å². The molecule has 146 valence electrons. The summed E-state index contributed by atoms with van der Waals surface area (Å²) < 4.78 is 11.1. The van der Waals surface area contributed by atoms with Crippen LogP contribution in [0.3, 0.4) is 0 Å². The number of nitrogens with zero attached hydrogens (tertiary/aromatic N) is 1. The van der Waals surface area contributed by atoms with E-state index in [4.69, 9.17) is 9.47 Å². The normalized spacial score (nSPS) is 19.2. The maximum atomic E-state index is 12.5. The van der Waals surface area contributed by atoms with Gasteiger partial charge in [0.15, 0.2) is 11.5 Å². The number of nitrogens with one attached hydrogen (secondary N) is 2. The summed E-state index contributed by atoms with van der Waals surface area (Å²) in [5.74, 6) is 1.30. The van der Waals surface area contributed by atoms with E-state index in [1.165, 1.54) is 0 Å². The maximum Gasteiger partial charge on any atom is 0.315 e. The Kier molecular flexibility index (Phi) is 5.06. The molecule has 28 heavy (non-hydrogen) atoms. The number of ether oxygens (including phenoxy) is 2. The first-order valence-corrected chi connectivity index (χ1v) is 9.42. The van der Waals surface area contributed by atoms with Gasteiger partial charge in [0.25, 0.3) is 0 Å². The van der Waals surface area contributed by atoms with E-state index in [2.05, 4.69) is 10.6 Å². The number of hydrogen-bond acceptors (Lipinski definition) is 4. The molecule has 0 aromatic heterocycles. The van der Waals surface area contributed by atoms with E-state index >= 15 is 0 Å². The summed E-state index contributed by atoms with van der Waals surface area (Å²) in [5.41, 5.74) is 1.77. The molecular weight excluding hydrogens is 358 g/mol. The van der Waals surface area contributed by atoms with Gasteiger partial charge in [0, 0.05) is 24.7 Å². The zero-order valence-corrected chi connectivity index (χ0v) is 15.7. The zero-order chi connectivity index (χ0) is 19.5. The van der Waals surface area contributed by atoms with Crippen LogP contribution in [0.1, 0.15) is 24.9 Å². The van der Waals surface area contributed by atoms with E-state index in [1.807, 2.05) is 55.5 Å². The molecule has 2 aromatic rings. The van der Waals surface area contributed by atoms with Gasteiger partial charge in [-0.05, 0) is 24.6 Å². The van der Waals surface area contributed by atoms with E-state index in [0.29, 0.717) is 31.3 Å². The molecule has 2 aliphatic rings. The predicted octanol–water partition coefficient (Wildman–Crippen LogP) is 2.62. The molecule has 3 amide bonds. The van der Waals surface area contributed by atoms with E-state index < -0.39 is 0 Å². The number of fused-ring (bicyclic) bond motifs is 1. The molecule has 2 aliphatic heterocycles. The lowest BCUT2D eigenvalue weighted by Crippen LogP contribution is -2.44. The van der Waals surface area contributed by atoms with Crippen LogP contribution in [0.2, 0.25) is 0 Å². The maximum absolute atomic E-state index is 12.5. The lowest BCUT2D eigenvalue weighted by Gasteiger charge is -2.22. The summed E-state index contributed by atoms with van der Waals surface area (Å²) in [4.78, 5) is 26.5. The van der Waals surface area contributed by atoms with Gasteiger partial charge in [-0.3, -0.25) is 4.79 Å². The molecule has 2 N–H and O–H groups in total. The predicted molar refractivity (Wildman–Crippen MR) is 105 cm³/mol. The van der Waals surface area contributed by atoms with E-state index in [0.717, 1.165) is 11.3 Å². The third kappa shape index (κ3) is 3.88. The second-order valence-corrected chi connectivity index (χ2v) is 6.98. The minimum Gasteiger partial charge on any atom is -0.486 e. The van der Waals surface area contributed by atoms with Crippen LogP contribution >= 0.6 is 0 Å². The van der Waals surface area contributed by atoms with Gasteiger partial charge in [-0.2, -0.15) is 0 Å². The fraction of sp³-hybridized carbons (Fsp3) is 0.333. The average molecular weight is 381 g/mol. The van der Waals surface area contributed by atoms with E-state index in [9.17, 15) is 9.59 Å². The van der Waals surface area contributed by atoms with Gasteiger partial charge < -0.3 is 25.0 Å². The summed E-state index contributed by atoms with van der Waals surface area (Å²) in [6, 6.07) is 14.6. The van der Waals surface area contributed by atoms with E-state index in [1.54, 1.807) is 4.90 Å². The van der Waals surface area contributed by atoms with Crippen LogP contribution in [0.15, 0.2) is 48.5 Å². The molecule has 0 radical (unpaired) electrons. The molecule has 7 nitrogen and oxygen atoms in total. The highest BCUT2D eigenvalue weighted by molar-refractivity contribution is 5.97. The average Bonchev–Trinajstić information content (AvgIpc) is 3.08. The van der Waals surface area contributed by atoms with Gasteiger partial charge in [-0.15, -0.1) is 0 Å². The number of carbonyl (C=O) groups excluding carboxylic acids is 2. The number of benzene rings is 2. The second kappa shape index (κ2) is 7.80. The lowest BCUT2D eigenvalue weighted by atomic mass is 10.1. The number of rotatable bonds is 4. The Morgan fingerprint density at radius 1 is 1.11 bits per heavy atom. The Morgan fingerprint density at radius 3 is 2.64 bits per heavy atom. The fourth-order valence-corrected chi connectivity index (χ4v) is 3.50. The summed E-state index contributed by atoms with van der Waals surface area (Å²) in [6.07, 6.45) is 0.265. The molecule has 0 spiro atoms. The summed E-state index contributed by atoms with van der Waals surface area (Å²) in [7, 11) is 0. The highest BCUT2D eigenvalue weighted by Gasteiger charge is 2.32. The fourth-order valence-electron chi connectivity index (χ4n) is 3.50. The van der Waals surface area contributed by atoms with Crippen LogP contribution < -0.4 is 25.0 Å². The van der Waals surface area contributed by atoms with Crippen molar-refractivity contribution in [1.29, 1.82) is 0 Å². The van der Waals surface area contributed by atoms with Crippen molar-refractivity contribution in [2.45, 2.75) is 25.4 Å². The van der Waals surface area contributed by atoms with Gasteiger partial charge in [-0.25, -0.2) is 4.79 Å². The van der Waals surface area contributed by atoms with Crippen molar-refractivity contribution in [3.05, 3.63) is 54.1 Å². The van der Waals surface area contributed by atoms with Crippen molar-refractivity contribution >= 4 is 17.6 Å². The third-order valence-corrected chi connectivity index (χ3v) is 4.94. The van der Waals surface area contributed by atoms with Crippen LogP contribution in [-0.4, -0.2) is 37.7 Å². The number of urea groups is 1. The molecule has 0 aliphatic carbocycles. The first-order chi connectivity index (χ1) is 13.6. The largest absolute Gasteiger partial charge is 0.486 e. The Morgan fingerprint density at radius 2 is 1.86 bits per heavy atom. The second-order valence-electron chi connectivity index (χ2n) is 6.98. The smallest absolute Gasteiger partial charge is 0.315 e. The quantitative estimate of drug-likeness (QED) is 0.853. The molecule has 1 fully saturated rings. The minimum absolute atomic E-state index is 0.0296. The van der Waals surface area contributed by atoms with Gasteiger partial charge in [0.05, 0.1) is 12.1 Å². The van der Waals surface area contributed by atoms with E-state index in [-0.39, 0.29) is 30.4 Å². The van der Waals surface area contributed by atoms with Crippen molar-refractivity contribution in [2.75, 3.05) is 24.7 Å². The molecule has 1 saturated heterocycles. The van der Waals surface area contributed by atoms with Crippen molar-refractivity contribution in [3.8, 4) is 11.5 Å². The Balaban J connectivity index is 1.36.